The minimum atomic E-state index is -3.26. The van der Waals surface area contributed by atoms with Gasteiger partial charge in [-0.1, -0.05) is 21.1 Å². The molecule has 7 heteroatoms. The van der Waals surface area contributed by atoms with Crippen molar-refractivity contribution < 1.29 is 18.8 Å². The standard InChI is InChI=1S/C7H15BrNO4P/c1-4-12-14(11,13-5-2)7(8)6(3)9-10/h7,10H,4-5H2,1-3H3/b9-6+. The van der Waals surface area contributed by atoms with Crippen LogP contribution in [0.3, 0.4) is 0 Å². The van der Waals surface area contributed by atoms with Crippen LogP contribution in [0.4, 0.5) is 0 Å². The van der Waals surface area contributed by atoms with Gasteiger partial charge in [0, 0.05) is 0 Å². The Hall–Kier alpha value is 0.100. The molecule has 0 aliphatic heterocycles. The Morgan fingerprint density at radius 3 is 2.21 bits per heavy atom. The fourth-order valence-electron chi connectivity index (χ4n) is 0.805. The van der Waals surface area contributed by atoms with Crippen LogP contribution in [0.2, 0.25) is 0 Å². The first-order valence-corrected chi connectivity index (χ1v) is 6.76. The van der Waals surface area contributed by atoms with E-state index in [9.17, 15) is 4.57 Å². The van der Waals surface area contributed by atoms with Crippen molar-refractivity contribution in [1.82, 2.24) is 0 Å². The third kappa shape index (κ3) is 3.69. The molecular formula is C7H15BrNO4P. The number of rotatable bonds is 6. The summed E-state index contributed by atoms with van der Waals surface area (Å²) in [7, 11) is -3.26. The Kier molecular flexibility index (Phi) is 6.61. The summed E-state index contributed by atoms with van der Waals surface area (Å²) in [4.78, 5) is 0. The SMILES string of the molecule is CCOP(=O)(OCC)C(Br)/C(C)=N/O. The lowest BCUT2D eigenvalue weighted by atomic mass is 10.5. The summed E-state index contributed by atoms with van der Waals surface area (Å²) in [6.45, 7) is 5.52. The van der Waals surface area contributed by atoms with Crippen molar-refractivity contribution in [3.8, 4) is 0 Å². The Labute approximate surface area is 92.1 Å². The molecular weight excluding hydrogens is 273 g/mol. The molecule has 0 aromatic rings. The number of alkyl halides is 1. The van der Waals surface area contributed by atoms with Crippen LogP contribution in [-0.2, 0) is 13.6 Å². The second-order valence-electron chi connectivity index (χ2n) is 2.45. The smallest absolute Gasteiger partial charge is 0.349 e. The Balaban J connectivity index is 4.72. The van der Waals surface area contributed by atoms with Crippen molar-refractivity contribution in [2.45, 2.75) is 25.3 Å². The van der Waals surface area contributed by atoms with Gasteiger partial charge in [-0.2, -0.15) is 0 Å². The van der Waals surface area contributed by atoms with Crippen molar-refractivity contribution >= 4 is 29.2 Å². The van der Waals surface area contributed by atoms with E-state index >= 15 is 0 Å². The summed E-state index contributed by atoms with van der Waals surface area (Å²) in [6.07, 6.45) is 0. The summed E-state index contributed by atoms with van der Waals surface area (Å²) in [6, 6.07) is 0. The maximum Gasteiger partial charge on any atom is 0.349 e. The van der Waals surface area contributed by atoms with Gasteiger partial charge in [0.1, 0.15) is 0 Å². The molecule has 1 unspecified atom stereocenters. The van der Waals surface area contributed by atoms with Crippen LogP contribution in [0.5, 0.6) is 0 Å². The Morgan fingerprint density at radius 2 is 1.93 bits per heavy atom. The molecule has 0 fully saturated rings. The van der Waals surface area contributed by atoms with Crippen LogP contribution in [0.15, 0.2) is 5.16 Å². The predicted octanol–water partition coefficient (Wildman–Crippen LogP) is 2.82. The van der Waals surface area contributed by atoms with E-state index in [0.717, 1.165) is 0 Å². The van der Waals surface area contributed by atoms with Gasteiger partial charge in [-0.25, -0.2) is 0 Å². The van der Waals surface area contributed by atoms with Gasteiger partial charge in [0.25, 0.3) is 0 Å². The van der Waals surface area contributed by atoms with Gasteiger partial charge >= 0.3 is 7.60 Å². The monoisotopic (exact) mass is 287 g/mol. The summed E-state index contributed by atoms with van der Waals surface area (Å²) in [5.74, 6) is 0. The molecule has 1 N–H and O–H groups in total. The van der Waals surface area contributed by atoms with E-state index in [4.69, 9.17) is 14.3 Å². The lowest BCUT2D eigenvalue weighted by molar-refractivity contribution is 0.221. The average Bonchev–Trinajstić information content (AvgIpc) is 2.16. The molecule has 0 aromatic carbocycles. The van der Waals surface area contributed by atoms with Gasteiger partial charge in [-0.15, -0.1) is 0 Å². The molecule has 0 aliphatic rings. The molecule has 0 bridgehead atoms. The highest BCUT2D eigenvalue weighted by atomic mass is 79.9. The molecule has 0 aliphatic carbocycles. The van der Waals surface area contributed by atoms with E-state index in [-0.39, 0.29) is 18.9 Å². The summed E-state index contributed by atoms with van der Waals surface area (Å²) in [5, 5.41) is 11.5. The maximum atomic E-state index is 12.0. The molecule has 0 saturated heterocycles. The Bertz CT molecular complexity index is 236. The van der Waals surface area contributed by atoms with Crippen molar-refractivity contribution in [3.05, 3.63) is 0 Å². The number of oxime groups is 1. The molecule has 14 heavy (non-hydrogen) atoms. The van der Waals surface area contributed by atoms with Crippen LogP contribution < -0.4 is 0 Å². The second-order valence-corrected chi connectivity index (χ2v) is 6.19. The molecule has 0 radical (unpaired) electrons. The molecule has 0 spiro atoms. The zero-order chi connectivity index (χ0) is 11.2. The van der Waals surface area contributed by atoms with E-state index in [2.05, 4.69) is 21.1 Å². The third-order valence-electron chi connectivity index (χ3n) is 1.40. The summed E-state index contributed by atoms with van der Waals surface area (Å²) >= 11 is 3.12. The van der Waals surface area contributed by atoms with E-state index in [1.807, 2.05) is 0 Å². The van der Waals surface area contributed by atoms with Crippen molar-refractivity contribution in [3.63, 3.8) is 0 Å². The van der Waals surface area contributed by atoms with Crippen molar-refractivity contribution in [1.29, 1.82) is 0 Å². The van der Waals surface area contributed by atoms with Gasteiger partial charge in [0.15, 0.2) is 4.57 Å². The fourth-order valence-corrected chi connectivity index (χ4v) is 3.17. The zero-order valence-corrected chi connectivity index (χ0v) is 10.9. The molecule has 0 saturated carbocycles. The van der Waals surface area contributed by atoms with Gasteiger partial charge in [-0.3, -0.25) is 4.57 Å². The van der Waals surface area contributed by atoms with Crippen LogP contribution in [-0.4, -0.2) is 28.7 Å². The maximum absolute atomic E-state index is 12.0. The van der Waals surface area contributed by atoms with Gasteiger partial charge in [0.2, 0.25) is 0 Å². The topological polar surface area (TPSA) is 68.1 Å². The normalized spacial score (nSPS) is 15.6. The van der Waals surface area contributed by atoms with Gasteiger partial charge in [0.05, 0.1) is 18.9 Å². The van der Waals surface area contributed by atoms with Crippen molar-refractivity contribution in [2.24, 2.45) is 5.16 Å². The average molecular weight is 288 g/mol. The number of hydrogen-bond donors (Lipinski definition) is 1. The molecule has 1 atom stereocenters. The quantitative estimate of drug-likeness (QED) is 0.268. The van der Waals surface area contributed by atoms with E-state index in [0.29, 0.717) is 0 Å². The molecule has 0 aromatic heterocycles. The molecule has 0 rings (SSSR count). The highest BCUT2D eigenvalue weighted by Gasteiger charge is 2.35. The highest BCUT2D eigenvalue weighted by Crippen LogP contribution is 2.55. The van der Waals surface area contributed by atoms with Gasteiger partial charge < -0.3 is 14.3 Å². The molecule has 5 nitrogen and oxygen atoms in total. The lowest BCUT2D eigenvalue weighted by Gasteiger charge is -2.21. The predicted molar refractivity (Wildman–Crippen MR) is 58.5 cm³/mol. The second kappa shape index (κ2) is 6.56. The lowest BCUT2D eigenvalue weighted by Crippen LogP contribution is -2.15. The van der Waals surface area contributed by atoms with E-state index < -0.39 is 12.2 Å². The molecule has 0 amide bonds. The first kappa shape index (κ1) is 14.1. The molecule has 0 heterocycles. The molecule has 84 valence electrons. The number of nitrogens with zero attached hydrogens (tertiary/aromatic N) is 1. The third-order valence-corrected chi connectivity index (χ3v) is 5.73. The van der Waals surface area contributed by atoms with Crippen LogP contribution in [0, 0.1) is 0 Å². The van der Waals surface area contributed by atoms with Gasteiger partial charge in [-0.05, 0) is 20.8 Å². The minimum absolute atomic E-state index is 0.259. The van der Waals surface area contributed by atoms with Crippen molar-refractivity contribution in [2.75, 3.05) is 13.2 Å². The first-order chi connectivity index (χ1) is 6.51. The highest BCUT2D eigenvalue weighted by molar-refractivity contribution is 9.11. The Morgan fingerprint density at radius 1 is 1.50 bits per heavy atom. The minimum Gasteiger partial charge on any atom is -0.411 e. The summed E-state index contributed by atoms with van der Waals surface area (Å²) < 4.78 is 21.4. The fraction of sp³-hybridized carbons (Fsp3) is 0.857. The van der Waals surface area contributed by atoms with E-state index in [1.54, 1.807) is 13.8 Å². The first-order valence-electron chi connectivity index (χ1n) is 4.23. The van der Waals surface area contributed by atoms with Crippen LogP contribution in [0.1, 0.15) is 20.8 Å². The van der Waals surface area contributed by atoms with Crippen LogP contribution in [0.25, 0.3) is 0 Å². The number of halogens is 1. The summed E-state index contributed by atoms with van der Waals surface area (Å²) in [5.41, 5.74) is 0.259. The zero-order valence-electron chi connectivity index (χ0n) is 8.44. The number of hydrogen-bond acceptors (Lipinski definition) is 5. The largest absolute Gasteiger partial charge is 0.411 e. The van der Waals surface area contributed by atoms with Crippen LogP contribution >= 0.6 is 23.5 Å². The van der Waals surface area contributed by atoms with E-state index in [1.165, 1.54) is 6.92 Å².